The predicted octanol–water partition coefficient (Wildman–Crippen LogP) is 9.40. The normalized spacial score (nSPS) is 12.4. The minimum absolute atomic E-state index is 0.275. The Kier molecular flexibility index (Phi) is 9.43. The molecule has 0 atom stereocenters. The van der Waals surface area contributed by atoms with E-state index in [2.05, 4.69) is 62.2 Å². The SMILES string of the molecule is Cc1[nH]n(-c2ccccc2)c(=S)c1C(=NCC(C)(C)CN=C(c1ccccc1)c1c(C)[nH]n(-c2ccccc2)c1=S)c1ccccc1. The number of nitrogens with zero attached hydrogens (tertiary/aromatic N) is 4. The molecule has 0 spiro atoms. The number of benzene rings is 4. The molecule has 236 valence electrons. The van der Waals surface area contributed by atoms with Crippen molar-refractivity contribution in [3.05, 3.63) is 164 Å². The molecule has 47 heavy (non-hydrogen) atoms. The first-order valence-electron chi connectivity index (χ1n) is 15.7. The molecule has 0 aliphatic rings. The van der Waals surface area contributed by atoms with Crippen LogP contribution in [0.2, 0.25) is 0 Å². The maximum atomic E-state index is 6.05. The Morgan fingerprint density at radius 1 is 0.553 bits per heavy atom. The van der Waals surface area contributed by atoms with E-state index in [1.165, 1.54) is 0 Å². The van der Waals surface area contributed by atoms with E-state index in [1.54, 1.807) is 0 Å². The standard InChI is InChI=1S/C39H38N6S2/c1-27-33(37(46)44(42-27)31-21-13-7-14-22-31)35(29-17-9-5-10-18-29)40-25-39(3,4)26-41-36(30-19-11-6-12-20-30)34-28(2)43-45(38(34)47)32-23-15-8-16-24-32/h5-24,42-43H,25-26H2,1-4H3. The predicted molar refractivity (Wildman–Crippen MR) is 199 cm³/mol. The quantitative estimate of drug-likeness (QED) is 0.114. The molecule has 0 bridgehead atoms. The Labute approximate surface area is 286 Å². The van der Waals surface area contributed by atoms with Gasteiger partial charge in [-0.1, -0.05) is 135 Å². The molecule has 6 rings (SSSR count). The summed E-state index contributed by atoms with van der Waals surface area (Å²) in [5.41, 5.74) is 9.29. The molecule has 0 fully saturated rings. The van der Waals surface area contributed by atoms with Gasteiger partial charge in [-0.15, -0.1) is 0 Å². The number of nitrogens with one attached hydrogen (secondary N) is 2. The summed E-state index contributed by atoms with van der Waals surface area (Å²) < 4.78 is 5.30. The highest BCUT2D eigenvalue weighted by molar-refractivity contribution is 7.71. The number of hydrogen-bond donors (Lipinski definition) is 2. The molecule has 2 aromatic heterocycles. The Morgan fingerprint density at radius 2 is 0.872 bits per heavy atom. The zero-order chi connectivity index (χ0) is 33.0. The summed E-state index contributed by atoms with van der Waals surface area (Å²) >= 11 is 12.1. The molecule has 2 heterocycles. The number of aromatic nitrogens is 4. The van der Waals surface area contributed by atoms with E-state index in [1.807, 2.05) is 106 Å². The molecule has 4 aromatic carbocycles. The lowest BCUT2D eigenvalue weighted by atomic mass is 9.92. The van der Waals surface area contributed by atoms with Gasteiger partial charge < -0.3 is 0 Å². The monoisotopic (exact) mass is 654 g/mol. The fourth-order valence-electron chi connectivity index (χ4n) is 5.63. The number of aryl methyl sites for hydroxylation is 2. The van der Waals surface area contributed by atoms with Crippen molar-refractivity contribution in [3.8, 4) is 11.4 Å². The molecule has 0 unspecified atom stereocenters. The maximum absolute atomic E-state index is 6.05. The summed E-state index contributed by atoms with van der Waals surface area (Å²) in [6, 6.07) is 40.8. The first-order valence-corrected chi connectivity index (χ1v) is 16.5. The third-order valence-electron chi connectivity index (χ3n) is 8.07. The number of H-pyrrole nitrogens is 2. The fourth-order valence-corrected chi connectivity index (χ4v) is 6.43. The van der Waals surface area contributed by atoms with Crippen LogP contribution >= 0.6 is 24.4 Å². The van der Waals surface area contributed by atoms with Crippen LogP contribution in [0.5, 0.6) is 0 Å². The molecule has 8 heteroatoms. The molecule has 0 radical (unpaired) electrons. The van der Waals surface area contributed by atoms with Crippen LogP contribution in [0.3, 0.4) is 0 Å². The smallest absolute Gasteiger partial charge is 0.137 e. The van der Waals surface area contributed by atoms with Gasteiger partial charge >= 0.3 is 0 Å². The molecule has 0 aliphatic heterocycles. The Balaban J connectivity index is 1.38. The van der Waals surface area contributed by atoms with Gasteiger partial charge in [0.1, 0.15) is 9.28 Å². The van der Waals surface area contributed by atoms with Crippen molar-refractivity contribution in [1.29, 1.82) is 0 Å². The summed E-state index contributed by atoms with van der Waals surface area (Å²) in [7, 11) is 0. The van der Waals surface area contributed by atoms with Crippen LogP contribution in [0, 0.1) is 28.5 Å². The molecule has 0 saturated carbocycles. The summed E-state index contributed by atoms with van der Waals surface area (Å²) in [5.74, 6) is 0. The van der Waals surface area contributed by atoms with Crippen molar-refractivity contribution in [1.82, 2.24) is 19.6 Å². The third kappa shape index (κ3) is 6.94. The fraction of sp³-hybridized carbons (Fsp3) is 0.179. The molecular formula is C39H38N6S2. The zero-order valence-electron chi connectivity index (χ0n) is 27.1. The van der Waals surface area contributed by atoms with Gasteiger partial charge in [0, 0.05) is 41.0 Å². The molecule has 2 N–H and O–H groups in total. The number of aliphatic imine (C=N–C) groups is 2. The van der Waals surface area contributed by atoms with Crippen molar-refractivity contribution >= 4 is 35.9 Å². The Morgan fingerprint density at radius 3 is 1.21 bits per heavy atom. The lowest BCUT2D eigenvalue weighted by Gasteiger charge is -2.22. The first kappa shape index (κ1) is 32.0. The van der Waals surface area contributed by atoms with Crippen molar-refractivity contribution in [2.24, 2.45) is 15.4 Å². The van der Waals surface area contributed by atoms with Crippen LogP contribution in [-0.4, -0.2) is 44.1 Å². The maximum Gasteiger partial charge on any atom is 0.137 e. The van der Waals surface area contributed by atoms with Crippen LogP contribution in [-0.2, 0) is 0 Å². The Bertz CT molecular complexity index is 2000. The topological polar surface area (TPSA) is 66.2 Å². The lowest BCUT2D eigenvalue weighted by Crippen LogP contribution is -2.23. The number of para-hydroxylation sites is 2. The van der Waals surface area contributed by atoms with Gasteiger partial charge in [0.15, 0.2) is 0 Å². The molecule has 6 nitrogen and oxygen atoms in total. The number of rotatable bonds is 10. The summed E-state index contributed by atoms with van der Waals surface area (Å²) in [6.07, 6.45) is 0. The van der Waals surface area contributed by atoms with E-state index >= 15 is 0 Å². The van der Waals surface area contributed by atoms with Gasteiger partial charge in [0.25, 0.3) is 0 Å². The van der Waals surface area contributed by atoms with Gasteiger partial charge in [0.05, 0.1) is 33.9 Å². The second-order valence-corrected chi connectivity index (χ2v) is 13.2. The molecule has 0 aliphatic carbocycles. The zero-order valence-corrected chi connectivity index (χ0v) is 28.7. The summed E-state index contributed by atoms with van der Waals surface area (Å²) in [4.78, 5) is 10.6. The van der Waals surface area contributed by atoms with Gasteiger partial charge in [-0.2, -0.15) is 0 Å². The van der Waals surface area contributed by atoms with Crippen LogP contribution in [0.25, 0.3) is 11.4 Å². The number of hydrogen-bond acceptors (Lipinski definition) is 4. The third-order valence-corrected chi connectivity index (χ3v) is 8.84. The van der Waals surface area contributed by atoms with E-state index in [9.17, 15) is 0 Å². The second kappa shape index (κ2) is 13.8. The first-order chi connectivity index (χ1) is 22.7. The van der Waals surface area contributed by atoms with E-state index in [0.29, 0.717) is 22.4 Å². The molecule has 0 amide bonds. The van der Waals surface area contributed by atoms with Crippen molar-refractivity contribution in [3.63, 3.8) is 0 Å². The van der Waals surface area contributed by atoms with Crippen LogP contribution in [0.4, 0.5) is 0 Å². The van der Waals surface area contributed by atoms with E-state index in [0.717, 1.165) is 56.4 Å². The summed E-state index contributed by atoms with van der Waals surface area (Å²) in [6.45, 7) is 9.61. The van der Waals surface area contributed by atoms with E-state index in [-0.39, 0.29) is 5.41 Å². The van der Waals surface area contributed by atoms with Crippen molar-refractivity contribution in [2.45, 2.75) is 27.7 Å². The largest absolute Gasteiger partial charge is 0.297 e. The van der Waals surface area contributed by atoms with Crippen LogP contribution in [0.15, 0.2) is 131 Å². The minimum Gasteiger partial charge on any atom is -0.297 e. The lowest BCUT2D eigenvalue weighted by molar-refractivity contribution is 0.395. The highest BCUT2D eigenvalue weighted by Gasteiger charge is 2.23. The number of aromatic amines is 2. The van der Waals surface area contributed by atoms with Gasteiger partial charge in [-0.05, 0) is 38.1 Å². The van der Waals surface area contributed by atoms with Crippen molar-refractivity contribution in [2.75, 3.05) is 13.1 Å². The average molecular weight is 655 g/mol. The molecule has 0 saturated heterocycles. The van der Waals surface area contributed by atoms with Gasteiger partial charge in [-0.3, -0.25) is 20.2 Å². The second-order valence-electron chi connectivity index (χ2n) is 12.4. The van der Waals surface area contributed by atoms with Gasteiger partial charge in [-0.25, -0.2) is 9.36 Å². The molecule has 6 aromatic rings. The average Bonchev–Trinajstić information content (AvgIpc) is 3.56. The Hall–Kier alpha value is -4.92. The van der Waals surface area contributed by atoms with Gasteiger partial charge in [0.2, 0.25) is 0 Å². The summed E-state index contributed by atoms with van der Waals surface area (Å²) in [5, 5.41) is 6.94. The molecular weight excluding hydrogens is 617 g/mol. The van der Waals surface area contributed by atoms with Crippen molar-refractivity contribution < 1.29 is 0 Å². The minimum atomic E-state index is -0.275. The van der Waals surface area contributed by atoms with Crippen LogP contribution < -0.4 is 0 Å². The van der Waals surface area contributed by atoms with Crippen LogP contribution in [0.1, 0.15) is 47.5 Å². The van der Waals surface area contributed by atoms with E-state index < -0.39 is 0 Å². The highest BCUT2D eigenvalue weighted by atomic mass is 32.1. The highest BCUT2D eigenvalue weighted by Crippen LogP contribution is 2.25. The van der Waals surface area contributed by atoms with E-state index in [4.69, 9.17) is 34.4 Å².